The normalized spacial score (nSPS) is 11.1. The third-order valence-corrected chi connectivity index (χ3v) is 4.10. The number of hydrogen-bond acceptors (Lipinski definition) is 4. The fourth-order valence-corrected chi connectivity index (χ4v) is 2.94. The highest BCUT2D eigenvalue weighted by atomic mass is 32.2. The molecule has 0 spiro atoms. The number of nitrogens with one attached hydrogen (secondary N) is 1. The molecular weight excluding hydrogens is 328 g/mol. The topological polar surface area (TPSA) is 98.5 Å². The van der Waals surface area contributed by atoms with Gasteiger partial charge in [-0.05, 0) is 42.7 Å². The number of aryl methyl sites for hydroxylation is 2. The van der Waals surface area contributed by atoms with Crippen LogP contribution >= 0.6 is 0 Å². The van der Waals surface area contributed by atoms with E-state index in [1.807, 2.05) is 32.0 Å². The smallest absolute Gasteiger partial charge is 0.262 e. The van der Waals surface area contributed by atoms with E-state index >= 15 is 0 Å². The fourth-order valence-electron chi connectivity index (χ4n) is 2.28. The molecule has 128 valence electrons. The van der Waals surface area contributed by atoms with Crippen molar-refractivity contribution in [3.05, 3.63) is 59.2 Å². The number of carbonyl (C=O) groups is 1. The molecule has 0 saturated carbocycles. The average Bonchev–Trinajstić information content (AvgIpc) is 2.47. The molecule has 0 saturated heterocycles. The molecule has 3 N–H and O–H groups in total. The minimum absolute atomic E-state index is 0.107. The Morgan fingerprint density at radius 2 is 1.67 bits per heavy atom. The van der Waals surface area contributed by atoms with Crippen molar-refractivity contribution in [2.24, 2.45) is 5.14 Å². The summed E-state index contributed by atoms with van der Waals surface area (Å²) < 4.78 is 27.6. The van der Waals surface area contributed by atoms with Gasteiger partial charge in [0.05, 0.1) is 5.75 Å². The van der Waals surface area contributed by atoms with Gasteiger partial charge >= 0.3 is 0 Å². The Balaban J connectivity index is 1.93. The van der Waals surface area contributed by atoms with Crippen LogP contribution in [0.4, 0.5) is 5.69 Å². The molecule has 2 aromatic carbocycles. The van der Waals surface area contributed by atoms with Crippen LogP contribution in [0.1, 0.15) is 16.7 Å². The first-order chi connectivity index (χ1) is 11.2. The molecule has 1 amide bonds. The van der Waals surface area contributed by atoms with Crippen LogP contribution in [0.5, 0.6) is 5.75 Å². The fraction of sp³-hybridized carbons (Fsp3) is 0.235. The zero-order chi connectivity index (χ0) is 17.7. The number of nitrogens with two attached hydrogens (primary N) is 1. The van der Waals surface area contributed by atoms with Crippen LogP contribution in [-0.4, -0.2) is 20.9 Å². The number of carbonyl (C=O) groups excluding carboxylic acids is 1. The second-order valence-corrected chi connectivity index (χ2v) is 7.18. The Kier molecular flexibility index (Phi) is 5.58. The second kappa shape index (κ2) is 7.46. The lowest BCUT2D eigenvalue weighted by atomic mass is 10.1. The molecule has 0 radical (unpaired) electrons. The maximum atomic E-state index is 12.0. The van der Waals surface area contributed by atoms with Crippen molar-refractivity contribution in [2.45, 2.75) is 19.6 Å². The van der Waals surface area contributed by atoms with E-state index < -0.39 is 10.0 Å². The van der Waals surface area contributed by atoms with Gasteiger partial charge in [-0.3, -0.25) is 4.79 Å². The van der Waals surface area contributed by atoms with Crippen molar-refractivity contribution < 1.29 is 17.9 Å². The van der Waals surface area contributed by atoms with E-state index in [-0.39, 0.29) is 18.3 Å². The molecule has 0 bridgehead atoms. The van der Waals surface area contributed by atoms with Gasteiger partial charge in [0, 0.05) is 5.69 Å². The Hall–Kier alpha value is -2.38. The predicted molar refractivity (Wildman–Crippen MR) is 93.3 cm³/mol. The van der Waals surface area contributed by atoms with Crippen LogP contribution in [0.25, 0.3) is 0 Å². The second-order valence-electron chi connectivity index (χ2n) is 5.56. The van der Waals surface area contributed by atoms with Gasteiger partial charge in [0.15, 0.2) is 6.61 Å². The van der Waals surface area contributed by atoms with Gasteiger partial charge in [-0.1, -0.05) is 30.3 Å². The summed E-state index contributed by atoms with van der Waals surface area (Å²) in [5, 5.41) is 7.69. The summed E-state index contributed by atoms with van der Waals surface area (Å²) in [5.41, 5.74) is 3.05. The van der Waals surface area contributed by atoms with Gasteiger partial charge in [-0.15, -0.1) is 0 Å². The Bertz CT molecular complexity index is 810. The lowest BCUT2D eigenvalue weighted by Gasteiger charge is -2.12. The number of hydrogen-bond donors (Lipinski definition) is 2. The van der Waals surface area contributed by atoms with Gasteiger partial charge in [-0.25, -0.2) is 13.6 Å². The van der Waals surface area contributed by atoms with Gasteiger partial charge < -0.3 is 10.1 Å². The standard InChI is InChI=1S/C17H20N2O4S/c1-12-4-3-5-13(2)17(12)23-10-16(20)19-15-8-6-14(7-9-15)11-24(18,21)22/h3-9H,10-11H2,1-2H3,(H,19,20)(H2,18,21,22). The largest absolute Gasteiger partial charge is 0.483 e. The number of rotatable bonds is 6. The van der Waals surface area contributed by atoms with Crippen molar-refractivity contribution in [2.75, 3.05) is 11.9 Å². The SMILES string of the molecule is Cc1cccc(C)c1OCC(=O)Nc1ccc(CS(N)(=O)=O)cc1. The van der Waals surface area contributed by atoms with Crippen LogP contribution in [-0.2, 0) is 20.6 Å². The maximum Gasteiger partial charge on any atom is 0.262 e. The molecule has 0 atom stereocenters. The van der Waals surface area contributed by atoms with E-state index in [0.717, 1.165) is 11.1 Å². The minimum Gasteiger partial charge on any atom is -0.483 e. The zero-order valence-corrected chi connectivity index (χ0v) is 14.4. The Morgan fingerprint density at radius 3 is 2.21 bits per heavy atom. The third kappa shape index (κ3) is 5.36. The van der Waals surface area contributed by atoms with E-state index in [9.17, 15) is 13.2 Å². The van der Waals surface area contributed by atoms with E-state index in [1.54, 1.807) is 24.3 Å². The first-order valence-corrected chi connectivity index (χ1v) is 9.04. The molecule has 7 heteroatoms. The summed E-state index contributed by atoms with van der Waals surface area (Å²) in [6.07, 6.45) is 0. The molecule has 0 aliphatic carbocycles. The molecule has 0 aliphatic heterocycles. The molecular formula is C17H20N2O4S. The monoisotopic (exact) mass is 348 g/mol. The number of anilines is 1. The van der Waals surface area contributed by atoms with Crippen molar-refractivity contribution in [1.82, 2.24) is 0 Å². The highest BCUT2D eigenvalue weighted by Gasteiger charge is 2.09. The molecule has 2 rings (SSSR count). The van der Waals surface area contributed by atoms with Crippen molar-refractivity contribution in [3.8, 4) is 5.75 Å². The van der Waals surface area contributed by atoms with Crippen LogP contribution in [0, 0.1) is 13.8 Å². The molecule has 2 aromatic rings. The number of sulfonamides is 1. The highest BCUT2D eigenvalue weighted by molar-refractivity contribution is 7.88. The number of para-hydroxylation sites is 1. The summed E-state index contributed by atoms with van der Waals surface area (Å²) in [5.74, 6) is 0.171. The summed E-state index contributed by atoms with van der Waals surface area (Å²) in [7, 11) is -3.57. The molecule has 24 heavy (non-hydrogen) atoms. The molecule has 0 aromatic heterocycles. The average molecular weight is 348 g/mol. The van der Waals surface area contributed by atoms with Gasteiger partial charge in [0.1, 0.15) is 5.75 Å². The molecule has 0 unspecified atom stereocenters. The van der Waals surface area contributed by atoms with Crippen LogP contribution < -0.4 is 15.2 Å². The molecule has 6 nitrogen and oxygen atoms in total. The van der Waals surface area contributed by atoms with Gasteiger partial charge in [0.2, 0.25) is 10.0 Å². The predicted octanol–water partition coefficient (Wildman–Crippen LogP) is 2.11. The van der Waals surface area contributed by atoms with E-state index in [2.05, 4.69) is 5.32 Å². The lowest BCUT2D eigenvalue weighted by Crippen LogP contribution is -2.20. The Labute approximate surface area is 141 Å². The highest BCUT2D eigenvalue weighted by Crippen LogP contribution is 2.22. The van der Waals surface area contributed by atoms with Crippen molar-refractivity contribution >= 4 is 21.6 Å². The molecule has 0 aliphatic rings. The van der Waals surface area contributed by atoms with E-state index in [4.69, 9.17) is 9.88 Å². The van der Waals surface area contributed by atoms with Crippen LogP contribution in [0.15, 0.2) is 42.5 Å². The molecule has 0 heterocycles. The summed E-state index contributed by atoms with van der Waals surface area (Å²) in [4.78, 5) is 12.0. The van der Waals surface area contributed by atoms with E-state index in [0.29, 0.717) is 17.0 Å². The number of benzene rings is 2. The lowest BCUT2D eigenvalue weighted by molar-refractivity contribution is -0.118. The first kappa shape index (κ1) is 18.0. The van der Waals surface area contributed by atoms with Crippen LogP contribution in [0.2, 0.25) is 0 Å². The zero-order valence-electron chi connectivity index (χ0n) is 13.6. The quantitative estimate of drug-likeness (QED) is 0.835. The van der Waals surface area contributed by atoms with Gasteiger partial charge in [0.25, 0.3) is 5.91 Å². The van der Waals surface area contributed by atoms with Crippen molar-refractivity contribution in [3.63, 3.8) is 0 Å². The Morgan fingerprint density at radius 1 is 1.08 bits per heavy atom. The number of primary sulfonamides is 1. The molecule has 0 fully saturated rings. The first-order valence-electron chi connectivity index (χ1n) is 7.33. The number of amides is 1. The number of ether oxygens (including phenoxy) is 1. The van der Waals surface area contributed by atoms with Crippen molar-refractivity contribution in [1.29, 1.82) is 0 Å². The third-order valence-electron chi connectivity index (χ3n) is 3.36. The van der Waals surface area contributed by atoms with Crippen LogP contribution in [0.3, 0.4) is 0 Å². The minimum atomic E-state index is -3.57. The van der Waals surface area contributed by atoms with E-state index in [1.165, 1.54) is 0 Å². The maximum absolute atomic E-state index is 12.0. The summed E-state index contributed by atoms with van der Waals surface area (Å²) >= 11 is 0. The summed E-state index contributed by atoms with van der Waals surface area (Å²) in [6.45, 7) is 3.74. The van der Waals surface area contributed by atoms with Gasteiger partial charge in [-0.2, -0.15) is 0 Å². The summed E-state index contributed by atoms with van der Waals surface area (Å²) in [6, 6.07) is 12.2.